The zero-order valence-electron chi connectivity index (χ0n) is 13.9. The van der Waals surface area contributed by atoms with Gasteiger partial charge in [0.2, 0.25) is 0 Å². The Morgan fingerprint density at radius 2 is 2.22 bits per heavy atom. The van der Waals surface area contributed by atoms with Crippen molar-refractivity contribution < 1.29 is 9.53 Å². The van der Waals surface area contributed by atoms with Gasteiger partial charge in [-0.05, 0) is 20.8 Å². The van der Waals surface area contributed by atoms with Gasteiger partial charge in [-0.25, -0.2) is 9.97 Å². The predicted molar refractivity (Wildman–Crippen MR) is 85.2 cm³/mol. The molecule has 124 valence electrons. The summed E-state index contributed by atoms with van der Waals surface area (Å²) in [6.07, 6.45) is 4.35. The molecular weight excluding hydrogens is 294 g/mol. The zero-order chi connectivity index (χ0) is 16.4. The molecule has 0 spiro atoms. The largest absolute Gasteiger partial charge is 0.381 e. The van der Waals surface area contributed by atoms with Gasteiger partial charge in [0.25, 0.3) is 5.91 Å². The number of fused-ring (bicyclic) bond motifs is 1. The summed E-state index contributed by atoms with van der Waals surface area (Å²) >= 11 is 0. The number of hydrogen-bond acceptors (Lipinski definition) is 4. The van der Waals surface area contributed by atoms with Gasteiger partial charge in [0.15, 0.2) is 0 Å². The summed E-state index contributed by atoms with van der Waals surface area (Å²) in [5, 5.41) is 0. The maximum absolute atomic E-state index is 12.6. The number of hydrogen-bond donors (Lipinski definition) is 1. The smallest absolute Gasteiger partial charge is 0.272 e. The first kappa shape index (κ1) is 15.7. The number of ether oxygens (including phenoxy) is 1. The Morgan fingerprint density at radius 1 is 1.39 bits per heavy atom. The first-order chi connectivity index (χ1) is 11.1. The van der Waals surface area contributed by atoms with Gasteiger partial charge >= 0.3 is 0 Å². The number of aromatic nitrogens is 4. The maximum Gasteiger partial charge on any atom is 0.272 e. The van der Waals surface area contributed by atoms with E-state index in [1.165, 1.54) is 5.69 Å². The molecule has 0 fully saturated rings. The molecule has 2 aromatic heterocycles. The van der Waals surface area contributed by atoms with Crippen molar-refractivity contribution in [2.24, 2.45) is 0 Å². The summed E-state index contributed by atoms with van der Waals surface area (Å²) in [6.45, 7) is 8.71. The van der Waals surface area contributed by atoms with Crippen LogP contribution in [0.1, 0.15) is 47.7 Å². The highest BCUT2D eigenvalue weighted by Crippen LogP contribution is 2.26. The van der Waals surface area contributed by atoms with Crippen molar-refractivity contribution in [3.05, 3.63) is 35.4 Å². The molecule has 0 saturated heterocycles. The summed E-state index contributed by atoms with van der Waals surface area (Å²) in [7, 11) is 0. The highest BCUT2D eigenvalue weighted by Gasteiger charge is 2.31. The van der Waals surface area contributed by atoms with Crippen LogP contribution in [-0.4, -0.2) is 50.1 Å². The standard InChI is InChI=1S/C16H23N5O2/c1-4-23-8-5-13-9-18-15-11(2)20(6-7-21(13)15)16(22)14-10-17-12(3)19-14/h9-11H,4-8H2,1-3H3,(H,17,19)/t11-/m1/s1. The van der Waals surface area contributed by atoms with Crippen LogP contribution in [0, 0.1) is 6.92 Å². The lowest BCUT2D eigenvalue weighted by Gasteiger charge is -2.34. The minimum absolute atomic E-state index is 0.0248. The SMILES string of the molecule is CCOCCc1cnc2n1CCN(C(=O)c1cnc(C)[nH]1)[C@@H]2C. The van der Waals surface area contributed by atoms with Crippen molar-refractivity contribution in [1.82, 2.24) is 24.4 Å². The van der Waals surface area contributed by atoms with Crippen molar-refractivity contribution in [3.63, 3.8) is 0 Å². The Hall–Kier alpha value is -2.15. The van der Waals surface area contributed by atoms with E-state index in [9.17, 15) is 4.79 Å². The first-order valence-corrected chi connectivity index (χ1v) is 8.06. The first-order valence-electron chi connectivity index (χ1n) is 8.06. The molecule has 0 saturated carbocycles. The second kappa shape index (κ2) is 6.54. The van der Waals surface area contributed by atoms with Gasteiger partial charge in [-0.15, -0.1) is 0 Å². The molecule has 3 heterocycles. The maximum atomic E-state index is 12.6. The van der Waals surface area contributed by atoms with E-state index in [1.54, 1.807) is 6.20 Å². The Labute approximate surface area is 135 Å². The molecule has 0 unspecified atom stereocenters. The number of imidazole rings is 2. The average molecular weight is 317 g/mol. The van der Waals surface area contributed by atoms with Crippen molar-refractivity contribution in [3.8, 4) is 0 Å². The topological polar surface area (TPSA) is 76.0 Å². The van der Waals surface area contributed by atoms with Crippen molar-refractivity contribution in [2.75, 3.05) is 19.8 Å². The van der Waals surface area contributed by atoms with Crippen LogP contribution in [-0.2, 0) is 17.7 Å². The highest BCUT2D eigenvalue weighted by molar-refractivity contribution is 5.92. The number of aryl methyl sites for hydroxylation is 1. The van der Waals surface area contributed by atoms with E-state index in [0.29, 0.717) is 18.8 Å². The molecule has 7 heteroatoms. The van der Waals surface area contributed by atoms with Gasteiger partial charge in [0.1, 0.15) is 17.3 Å². The van der Waals surface area contributed by atoms with Crippen LogP contribution in [0.3, 0.4) is 0 Å². The molecule has 2 aromatic rings. The molecule has 1 aliphatic rings. The number of nitrogens with zero attached hydrogens (tertiary/aromatic N) is 4. The number of H-pyrrole nitrogens is 1. The third-order valence-electron chi connectivity index (χ3n) is 4.28. The normalized spacial score (nSPS) is 17.3. The second-order valence-corrected chi connectivity index (χ2v) is 5.76. The number of nitrogens with one attached hydrogen (secondary N) is 1. The van der Waals surface area contributed by atoms with Gasteiger partial charge < -0.3 is 19.2 Å². The number of aromatic amines is 1. The third-order valence-corrected chi connectivity index (χ3v) is 4.28. The second-order valence-electron chi connectivity index (χ2n) is 5.76. The summed E-state index contributed by atoms with van der Waals surface area (Å²) in [5.41, 5.74) is 1.70. The van der Waals surface area contributed by atoms with E-state index in [0.717, 1.165) is 31.2 Å². The predicted octanol–water partition coefficient (Wildman–Crippen LogP) is 1.71. The van der Waals surface area contributed by atoms with Gasteiger partial charge in [0, 0.05) is 38.0 Å². The number of carbonyl (C=O) groups excluding carboxylic acids is 1. The van der Waals surface area contributed by atoms with Crippen LogP contribution in [0.25, 0.3) is 0 Å². The Bertz CT molecular complexity index is 690. The van der Waals surface area contributed by atoms with Crippen molar-refractivity contribution >= 4 is 5.91 Å². The summed E-state index contributed by atoms with van der Waals surface area (Å²) in [4.78, 5) is 26.2. The summed E-state index contributed by atoms with van der Waals surface area (Å²) in [6, 6.07) is -0.0549. The molecule has 7 nitrogen and oxygen atoms in total. The minimum atomic E-state index is -0.0549. The minimum Gasteiger partial charge on any atom is -0.381 e. The van der Waals surface area contributed by atoms with E-state index in [2.05, 4.69) is 19.5 Å². The van der Waals surface area contributed by atoms with E-state index in [1.807, 2.05) is 31.9 Å². The summed E-state index contributed by atoms with van der Waals surface area (Å²) in [5.74, 6) is 1.66. The fraction of sp³-hybridized carbons (Fsp3) is 0.562. The van der Waals surface area contributed by atoms with Crippen LogP contribution in [0.15, 0.2) is 12.4 Å². The molecular formula is C16H23N5O2. The molecule has 3 rings (SSSR count). The van der Waals surface area contributed by atoms with Crippen LogP contribution in [0.5, 0.6) is 0 Å². The Morgan fingerprint density at radius 3 is 2.91 bits per heavy atom. The lowest BCUT2D eigenvalue weighted by molar-refractivity contribution is 0.0629. The monoisotopic (exact) mass is 317 g/mol. The fourth-order valence-electron chi connectivity index (χ4n) is 3.04. The van der Waals surface area contributed by atoms with Gasteiger partial charge in [-0.3, -0.25) is 4.79 Å². The fourth-order valence-corrected chi connectivity index (χ4v) is 3.04. The molecule has 0 radical (unpaired) electrons. The molecule has 0 bridgehead atoms. The zero-order valence-corrected chi connectivity index (χ0v) is 13.9. The van der Waals surface area contributed by atoms with Gasteiger partial charge in [0.05, 0.1) is 18.8 Å². The third kappa shape index (κ3) is 3.01. The Balaban J connectivity index is 1.76. The summed E-state index contributed by atoms with van der Waals surface area (Å²) < 4.78 is 7.64. The van der Waals surface area contributed by atoms with Crippen LogP contribution in [0.2, 0.25) is 0 Å². The molecule has 23 heavy (non-hydrogen) atoms. The number of rotatable bonds is 5. The van der Waals surface area contributed by atoms with Crippen LogP contribution >= 0.6 is 0 Å². The molecule has 0 aromatic carbocycles. The molecule has 0 aliphatic carbocycles. The lowest BCUT2D eigenvalue weighted by Crippen LogP contribution is -2.41. The van der Waals surface area contributed by atoms with E-state index < -0.39 is 0 Å². The molecule has 1 N–H and O–H groups in total. The lowest BCUT2D eigenvalue weighted by atomic mass is 10.2. The van der Waals surface area contributed by atoms with Crippen molar-refractivity contribution in [2.45, 2.75) is 39.8 Å². The molecule has 1 amide bonds. The van der Waals surface area contributed by atoms with Gasteiger partial charge in [-0.1, -0.05) is 0 Å². The van der Waals surface area contributed by atoms with Crippen LogP contribution in [0.4, 0.5) is 0 Å². The Kier molecular flexibility index (Phi) is 4.47. The number of amides is 1. The highest BCUT2D eigenvalue weighted by atomic mass is 16.5. The van der Waals surface area contributed by atoms with E-state index >= 15 is 0 Å². The average Bonchev–Trinajstić information content (AvgIpc) is 3.15. The van der Waals surface area contributed by atoms with Crippen LogP contribution < -0.4 is 0 Å². The number of carbonyl (C=O) groups is 1. The quantitative estimate of drug-likeness (QED) is 0.852. The van der Waals surface area contributed by atoms with Gasteiger partial charge in [-0.2, -0.15) is 0 Å². The van der Waals surface area contributed by atoms with E-state index in [-0.39, 0.29) is 11.9 Å². The van der Waals surface area contributed by atoms with E-state index in [4.69, 9.17) is 4.74 Å². The molecule has 1 aliphatic heterocycles. The van der Waals surface area contributed by atoms with Crippen molar-refractivity contribution in [1.29, 1.82) is 0 Å². The molecule has 1 atom stereocenters.